The Labute approximate surface area is 163 Å². The van der Waals surface area contributed by atoms with Crippen molar-refractivity contribution in [2.75, 3.05) is 32.8 Å². The first-order chi connectivity index (χ1) is 12.3. The number of hydrogen-bond acceptors (Lipinski definition) is 3. The molecule has 0 bridgehead atoms. The summed E-state index contributed by atoms with van der Waals surface area (Å²) in [6.45, 7) is 4.30. The zero-order valence-corrected chi connectivity index (χ0v) is 16.3. The quantitative estimate of drug-likeness (QED) is 0.855. The summed E-state index contributed by atoms with van der Waals surface area (Å²) < 4.78 is 5.58. The maximum Gasteiger partial charge on any atom is 0.233 e. The van der Waals surface area contributed by atoms with Crippen LogP contribution in [0.25, 0.3) is 0 Å². The molecular formula is C21H31ClN2O2. The van der Waals surface area contributed by atoms with Crippen molar-refractivity contribution in [3.63, 3.8) is 0 Å². The topological polar surface area (TPSA) is 41.6 Å². The predicted molar refractivity (Wildman–Crippen MR) is 106 cm³/mol. The number of carbonyl (C=O) groups excluding carboxylic acids is 1. The monoisotopic (exact) mass is 378 g/mol. The first kappa shape index (κ1) is 19.7. The minimum absolute atomic E-state index is 0. The Morgan fingerprint density at radius 1 is 1.08 bits per heavy atom. The molecule has 3 fully saturated rings. The number of piperidine rings is 1. The molecule has 0 atom stereocenters. The van der Waals surface area contributed by atoms with Gasteiger partial charge in [0, 0.05) is 32.3 Å². The molecule has 1 aromatic rings. The highest BCUT2D eigenvalue weighted by atomic mass is 35.5. The van der Waals surface area contributed by atoms with Crippen LogP contribution in [0.5, 0.6) is 0 Å². The average molecular weight is 379 g/mol. The number of nitrogens with zero attached hydrogens (tertiary/aromatic N) is 1. The average Bonchev–Trinajstić information content (AvgIpc) is 3.52. The first-order valence-electron chi connectivity index (χ1n) is 9.94. The Bertz CT molecular complexity index is 577. The number of amides is 1. The van der Waals surface area contributed by atoms with E-state index in [1.165, 1.54) is 19.4 Å². The van der Waals surface area contributed by atoms with Crippen LogP contribution < -0.4 is 5.32 Å². The third-order valence-corrected chi connectivity index (χ3v) is 6.26. The van der Waals surface area contributed by atoms with E-state index in [4.69, 9.17) is 4.74 Å². The van der Waals surface area contributed by atoms with Crippen LogP contribution in [-0.2, 0) is 14.9 Å². The second kappa shape index (κ2) is 8.73. The molecule has 5 heteroatoms. The smallest absolute Gasteiger partial charge is 0.233 e. The fourth-order valence-electron chi connectivity index (χ4n) is 4.35. The molecule has 0 aromatic heterocycles. The van der Waals surface area contributed by atoms with Crippen LogP contribution in [0, 0.1) is 5.92 Å². The molecule has 4 rings (SSSR count). The number of halogens is 1. The molecule has 0 spiro atoms. The van der Waals surface area contributed by atoms with Gasteiger partial charge in [-0.25, -0.2) is 0 Å². The van der Waals surface area contributed by atoms with E-state index in [0.717, 1.165) is 50.3 Å². The molecule has 4 nitrogen and oxygen atoms in total. The van der Waals surface area contributed by atoms with Crippen molar-refractivity contribution < 1.29 is 9.53 Å². The number of likely N-dealkylation sites (tertiary alicyclic amines) is 1. The van der Waals surface area contributed by atoms with Crippen molar-refractivity contribution in [1.82, 2.24) is 10.2 Å². The molecule has 0 radical (unpaired) electrons. The van der Waals surface area contributed by atoms with Gasteiger partial charge in [0.05, 0.1) is 5.41 Å². The molecule has 1 amide bonds. The van der Waals surface area contributed by atoms with Gasteiger partial charge in [-0.3, -0.25) is 4.79 Å². The summed E-state index contributed by atoms with van der Waals surface area (Å²) in [5.74, 6) is 1.24. The van der Waals surface area contributed by atoms with E-state index in [1.807, 2.05) is 18.2 Å². The van der Waals surface area contributed by atoms with Gasteiger partial charge in [-0.15, -0.1) is 12.4 Å². The van der Waals surface area contributed by atoms with E-state index in [0.29, 0.717) is 25.2 Å². The van der Waals surface area contributed by atoms with E-state index < -0.39 is 0 Å². The van der Waals surface area contributed by atoms with E-state index >= 15 is 0 Å². The fraction of sp³-hybridized carbons (Fsp3) is 0.667. The number of benzene rings is 1. The lowest BCUT2D eigenvalue weighted by Gasteiger charge is -2.42. The highest BCUT2D eigenvalue weighted by Gasteiger charge is 2.44. The van der Waals surface area contributed by atoms with Gasteiger partial charge in [0.15, 0.2) is 0 Å². The summed E-state index contributed by atoms with van der Waals surface area (Å²) in [5, 5.41) is 3.71. The largest absolute Gasteiger partial charge is 0.381 e. The normalized spacial score (nSPS) is 23.3. The lowest BCUT2D eigenvalue weighted by Crippen LogP contribution is -2.53. The van der Waals surface area contributed by atoms with Crippen molar-refractivity contribution >= 4 is 18.3 Å². The summed E-state index contributed by atoms with van der Waals surface area (Å²) in [5.41, 5.74) is 0.783. The van der Waals surface area contributed by atoms with Gasteiger partial charge in [-0.05, 0) is 56.6 Å². The lowest BCUT2D eigenvalue weighted by atomic mass is 9.72. The van der Waals surface area contributed by atoms with Gasteiger partial charge in [-0.2, -0.15) is 0 Å². The van der Waals surface area contributed by atoms with E-state index in [9.17, 15) is 4.79 Å². The summed E-state index contributed by atoms with van der Waals surface area (Å²) in [4.78, 5) is 15.6. The van der Waals surface area contributed by atoms with Crippen molar-refractivity contribution in [3.8, 4) is 0 Å². The maximum atomic E-state index is 13.5. The molecule has 2 aliphatic heterocycles. The maximum absolute atomic E-state index is 13.5. The molecule has 1 aromatic carbocycles. The number of ether oxygens (including phenoxy) is 1. The van der Waals surface area contributed by atoms with Crippen LogP contribution in [0.3, 0.4) is 0 Å². The molecule has 1 saturated carbocycles. The van der Waals surface area contributed by atoms with Crippen molar-refractivity contribution in [2.45, 2.75) is 50.0 Å². The van der Waals surface area contributed by atoms with Gasteiger partial charge in [0.2, 0.25) is 5.91 Å². The summed E-state index contributed by atoms with van der Waals surface area (Å²) in [6, 6.07) is 11.0. The molecule has 2 heterocycles. The number of rotatable bonds is 5. The highest BCUT2D eigenvalue weighted by molar-refractivity contribution is 5.88. The Hall–Kier alpha value is -1.10. The SMILES string of the molecule is Cl.O=C(N1CCC(NCC2CC2)CC1)C1(c2ccccc2)CCOCC1. The molecular weight excluding hydrogens is 348 g/mol. The molecule has 144 valence electrons. The van der Waals surface area contributed by atoms with Gasteiger partial charge in [0.25, 0.3) is 0 Å². The minimum Gasteiger partial charge on any atom is -0.381 e. The predicted octanol–water partition coefficient (Wildman–Crippen LogP) is 3.15. The standard InChI is InChI=1S/C21H30N2O2.ClH/c24-20(23-12-8-19(9-13-23)22-16-17-6-7-17)21(10-14-25-15-11-21)18-4-2-1-3-5-18;/h1-5,17,19,22H,6-16H2;1H. The minimum atomic E-state index is -0.381. The molecule has 1 aliphatic carbocycles. The Kier molecular flexibility index (Phi) is 6.60. The molecule has 2 saturated heterocycles. The molecule has 0 unspecified atom stereocenters. The Morgan fingerprint density at radius 2 is 1.73 bits per heavy atom. The van der Waals surface area contributed by atoms with Crippen molar-refractivity contribution in [2.24, 2.45) is 5.92 Å². The van der Waals surface area contributed by atoms with E-state index in [-0.39, 0.29) is 17.8 Å². The Morgan fingerprint density at radius 3 is 2.35 bits per heavy atom. The van der Waals surface area contributed by atoms with Crippen LogP contribution in [0.1, 0.15) is 44.1 Å². The number of hydrogen-bond donors (Lipinski definition) is 1. The third-order valence-electron chi connectivity index (χ3n) is 6.26. The second-order valence-electron chi connectivity index (χ2n) is 7.98. The van der Waals surface area contributed by atoms with Gasteiger partial charge in [-0.1, -0.05) is 30.3 Å². The summed E-state index contributed by atoms with van der Waals surface area (Å²) >= 11 is 0. The van der Waals surface area contributed by atoms with Gasteiger partial charge in [0.1, 0.15) is 0 Å². The van der Waals surface area contributed by atoms with Crippen LogP contribution in [0.4, 0.5) is 0 Å². The summed E-state index contributed by atoms with van der Waals surface area (Å²) in [7, 11) is 0. The van der Waals surface area contributed by atoms with Gasteiger partial charge >= 0.3 is 0 Å². The van der Waals surface area contributed by atoms with Gasteiger partial charge < -0.3 is 15.0 Å². The highest BCUT2D eigenvalue weighted by Crippen LogP contribution is 2.37. The van der Waals surface area contributed by atoms with Crippen LogP contribution in [0.2, 0.25) is 0 Å². The molecule has 1 N–H and O–H groups in total. The molecule has 3 aliphatic rings. The fourth-order valence-corrected chi connectivity index (χ4v) is 4.35. The van der Waals surface area contributed by atoms with Crippen LogP contribution >= 0.6 is 12.4 Å². The van der Waals surface area contributed by atoms with Crippen LogP contribution in [-0.4, -0.2) is 49.7 Å². The van der Waals surface area contributed by atoms with Crippen LogP contribution in [0.15, 0.2) is 30.3 Å². The Balaban J connectivity index is 0.00000196. The van der Waals surface area contributed by atoms with E-state index in [1.54, 1.807) is 0 Å². The van der Waals surface area contributed by atoms with Crippen molar-refractivity contribution in [1.29, 1.82) is 0 Å². The van der Waals surface area contributed by atoms with Crippen molar-refractivity contribution in [3.05, 3.63) is 35.9 Å². The first-order valence-corrected chi connectivity index (χ1v) is 9.94. The number of carbonyl (C=O) groups is 1. The van der Waals surface area contributed by atoms with E-state index in [2.05, 4.69) is 22.3 Å². The second-order valence-corrected chi connectivity index (χ2v) is 7.98. The summed E-state index contributed by atoms with van der Waals surface area (Å²) in [6.07, 6.45) is 6.56. The zero-order valence-electron chi connectivity index (χ0n) is 15.5. The zero-order chi connectivity index (χ0) is 17.1. The third kappa shape index (κ3) is 4.24. The lowest BCUT2D eigenvalue weighted by molar-refractivity contribution is -0.142. The number of nitrogens with one attached hydrogen (secondary N) is 1. The molecule has 26 heavy (non-hydrogen) atoms.